The minimum absolute atomic E-state index is 0.0866. The van der Waals surface area contributed by atoms with Crippen LogP contribution in [0.1, 0.15) is 29.7 Å². The summed E-state index contributed by atoms with van der Waals surface area (Å²) in [6.07, 6.45) is -0.0866. The number of aryl methyl sites for hydroxylation is 1. The Morgan fingerprint density at radius 3 is 2.25 bits per heavy atom. The maximum absolute atomic E-state index is 13.1. The van der Waals surface area contributed by atoms with Crippen LogP contribution in [0.25, 0.3) is 0 Å². The van der Waals surface area contributed by atoms with Gasteiger partial charge in [0.15, 0.2) is 15.6 Å². The van der Waals surface area contributed by atoms with Crippen LogP contribution in [0, 0.1) is 6.92 Å². The van der Waals surface area contributed by atoms with Gasteiger partial charge in [-0.1, -0.05) is 48.0 Å². The predicted octanol–water partition coefficient (Wildman–Crippen LogP) is 3.26. The Morgan fingerprint density at radius 2 is 1.71 bits per heavy atom. The summed E-state index contributed by atoms with van der Waals surface area (Å²) in [6, 6.07) is 15.6. The lowest BCUT2D eigenvalue weighted by Gasteiger charge is -2.19. The molecule has 0 radical (unpaired) electrons. The van der Waals surface area contributed by atoms with E-state index in [9.17, 15) is 13.2 Å². The van der Waals surface area contributed by atoms with Crippen LogP contribution >= 0.6 is 0 Å². The average molecular weight is 344 g/mol. The van der Waals surface area contributed by atoms with Gasteiger partial charge in [0.05, 0.1) is 16.8 Å². The number of benzene rings is 2. The second kappa shape index (κ2) is 6.15. The van der Waals surface area contributed by atoms with E-state index >= 15 is 0 Å². The van der Waals surface area contributed by atoms with Gasteiger partial charge in [-0.15, -0.1) is 0 Å². The Morgan fingerprint density at radius 1 is 1.12 bits per heavy atom. The molecular formula is C19H20O4S. The number of Topliss-reactive ketones (excluding diaryl/α,β-unsaturated/α-hetero) is 1. The second-order valence-electron chi connectivity index (χ2n) is 6.40. The van der Waals surface area contributed by atoms with Crippen LogP contribution in [-0.4, -0.2) is 26.4 Å². The summed E-state index contributed by atoms with van der Waals surface area (Å²) in [6.45, 7) is 3.97. The zero-order valence-electron chi connectivity index (χ0n) is 13.7. The van der Waals surface area contributed by atoms with Gasteiger partial charge in [0.1, 0.15) is 5.60 Å². The molecule has 4 nitrogen and oxygen atoms in total. The highest BCUT2D eigenvalue weighted by Gasteiger charge is 2.48. The standard InChI is InChI=1S/C19H20O4S/c1-14-8-10-16(11-9-14)24(21,22)17(15-6-4-3-5-7-15)12-18(20)19(2)13-23-19/h3-11,17H,12-13H2,1-2H3. The van der Waals surface area contributed by atoms with Crippen molar-refractivity contribution in [2.45, 2.75) is 36.0 Å². The average Bonchev–Trinajstić information content (AvgIpc) is 3.32. The van der Waals surface area contributed by atoms with Crippen molar-refractivity contribution in [3.8, 4) is 0 Å². The molecule has 1 aliphatic rings. The first-order valence-electron chi connectivity index (χ1n) is 7.86. The number of ether oxygens (including phenoxy) is 1. The lowest BCUT2D eigenvalue weighted by molar-refractivity contribution is -0.123. The van der Waals surface area contributed by atoms with E-state index in [1.165, 1.54) is 0 Å². The summed E-state index contributed by atoms with van der Waals surface area (Å²) in [7, 11) is -3.67. The van der Waals surface area contributed by atoms with Crippen molar-refractivity contribution in [1.29, 1.82) is 0 Å². The molecule has 1 saturated heterocycles. The number of carbonyl (C=O) groups excluding carboxylic acids is 1. The highest BCUT2D eigenvalue weighted by Crippen LogP contribution is 2.37. The van der Waals surface area contributed by atoms with Gasteiger partial charge in [0.2, 0.25) is 0 Å². The van der Waals surface area contributed by atoms with Crippen LogP contribution < -0.4 is 0 Å². The zero-order chi connectivity index (χ0) is 17.4. The molecule has 0 amide bonds. The third kappa shape index (κ3) is 3.28. The fraction of sp³-hybridized carbons (Fsp3) is 0.316. The summed E-state index contributed by atoms with van der Waals surface area (Å²) in [5.41, 5.74) is 0.784. The van der Waals surface area contributed by atoms with Crippen molar-refractivity contribution in [1.82, 2.24) is 0 Å². The lowest BCUT2D eigenvalue weighted by Crippen LogP contribution is -2.26. The van der Waals surface area contributed by atoms with Gasteiger partial charge in [0, 0.05) is 6.42 Å². The van der Waals surface area contributed by atoms with Crippen LogP contribution in [0.5, 0.6) is 0 Å². The Labute approximate surface area is 142 Å². The fourth-order valence-electron chi connectivity index (χ4n) is 2.62. The Bertz CT molecular complexity index is 835. The molecule has 2 aromatic rings. The minimum Gasteiger partial charge on any atom is -0.362 e. The molecule has 0 bridgehead atoms. The van der Waals surface area contributed by atoms with E-state index in [-0.39, 0.29) is 17.1 Å². The summed E-state index contributed by atoms with van der Waals surface area (Å²) < 4.78 is 31.5. The Hall–Kier alpha value is -1.98. The molecular weight excluding hydrogens is 324 g/mol. The van der Waals surface area contributed by atoms with Crippen molar-refractivity contribution in [3.05, 3.63) is 65.7 Å². The minimum atomic E-state index is -3.67. The van der Waals surface area contributed by atoms with Crippen molar-refractivity contribution >= 4 is 15.6 Å². The first-order valence-corrected chi connectivity index (χ1v) is 9.40. The molecule has 2 atom stereocenters. The second-order valence-corrected chi connectivity index (χ2v) is 8.53. The normalized spacial score (nSPS) is 21.2. The van der Waals surface area contributed by atoms with Crippen molar-refractivity contribution in [2.24, 2.45) is 0 Å². The van der Waals surface area contributed by atoms with Crippen LogP contribution in [-0.2, 0) is 19.4 Å². The van der Waals surface area contributed by atoms with Crippen LogP contribution in [0.3, 0.4) is 0 Å². The molecule has 5 heteroatoms. The number of hydrogen-bond donors (Lipinski definition) is 0. The molecule has 0 aliphatic carbocycles. The van der Waals surface area contributed by atoms with Crippen molar-refractivity contribution < 1.29 is 17.9 Å². The Kier molecular flexibility index (Phi) is 4.32. The lowest BCUT2D eigenvalue weighted by atomic mass is 10.00. The van der Waals surface area contributed by atoms with Gasteiger partial charge >= 0.3 is 0 Å². The third-order valence-corrected chi connectivity index (χ3v) is 6.55. The molecule has 2 aromatic carbocycles. The van der Waals surface area contributed by atoms with Crippen LogP contribution in [0.15, 0.2) is 59.5 Å². The molecule has 3 rings (SSSR count). The van der Waals surface area contributed by atoms with Crippen molar-refractivity contribution in [2.75, 3.05) is 6.61 Å². The molecule has 0 aromatic heterocycles. The number of epoxide rings is 1. The zero-order valence-corrected chi connectivity index (χ0v) is 14.5. The van der Waals surface area contributed by atoms with E-state index in [1.54, 1.807) is 55.5 Å². The van der Waals surface area contributed by atoms with E-state index in [4.69, 9.17) is 4.74 Å². The number of carbonyl (C=O) groups is 1. The quantitative estimate of drug-likeness (QED) is 0.755. The van der Waals surface area contributed by atoms with Crippen molar-refractivity contribution in [3.63, 3.8) is 0 Å². The van der Waals surface area contributed by atoms with Gasteiger partial charge in [0.25, 0.3) is 0 Å². The highest BCUT2D eigenvalue weighted by atomic mass is 32.2. The molecule has 1 aliphatic heterocycles. The third-order valence-electron chi connectivity index (χ3n) is 4.43. The molecule has 1 fully saturated rings. The first kappa shape index (κ1) is 16.9. The number of rotatable bonds is 6. The molecule has 126 valence electrons. The van der Waals surface area contributed by atoms with Crippen LogP contribution in [0.4, 0.5) is 0 Å². The summed E-state index contributed by atoms with van der Waals surface area (Å²) in [4.78, 5) is 12.7. The van der Waals surface area contributed by atoms with E-state index in [2.05, 4.69) is 0 Å². The largest absolute Gasteiger partial charge is 0.362 e. The smallest absolute Gasteiger partial charge is 0.185 e. The number of sulfone groups is 1. The molecule has 0 spiro atoms. The van der Waals surface area contributed by atoms with Crippen LogP contribution in [0.2, 0.25) is 0 Å². The maximum Gasteiger partial charge on any atom is 0.185 e. The highest BCUT2D eigenvalue weighted by molar-refractivity contribution is 7.91. The van der Waals surface area contributed by atoms with E-state index in [1.807, 2.05) is 13.0 Å². The summed E-state index contributed by atoms with van der Waals surface area (Å²) in [5, 5.41) is -0.907. The number of hydrogen-bond acceptors (Lipinski definition) is 4. The molecule has 0 saturated carbocycles. The molecule has 0 N–H and O–H groups in total. The number of ketones is 1. The maximum atomic E-state index is 13.1. The van der Waals surface area contributed by atoms with E-state index < -0.39 is 20.7 Å². The monoisotopic (exact) mass is 344 g/mol. The van der Waals surface area contributed by atoms with E-state index in [0.29, 0.717) is 12.2 Å². The first-order chi connectivity index (χ1) is 11.3. The molecule has 24 heavy (non-hydrogen) atoms. The van der Waals surface area contributed by atoms with Gasteiger partial charge < -0.3 is 4.74 Å². The molecule has 2 unspecified atom stereocenters. The van der Waals surface area contributed by atoms with Gasteiger partial charge in [-0.05, 0) is 31.5 Å². The van der Waals surface area contributed by atoms with Gasteiger partial charge in [-0.2, -0.15) is 0 Å². The molecule has 1 heterocycles. The van der Waals surface area contributed by atoms with Gasteiger partial charge in [-0.25, -0.2) is 8.42 Å². The Balaban J connectivity index is 2.00. The fourth-order valence-corrected chi connectivity index (χ4v) is 4.35. The summed E-state index contributed by atoms with van der Waals surface area (Å²) >= 11 is 0. The van der Waals surface area contributed by atoms with Gasteiger partial charge in [-0.3, -0.25) is 4.79 Å². The SMILES string of the molecule is Cc1ccc(S(=O)(=O)C(CC(=O)C2(C)CO2)c2ccccc2)cc1. The summed E-state index contributed by atoms with van der Waals surface area (Å²) in [5.74, 6) is -0.174. The van der Waals surface area contributed by atoms with E-state index in [0.717, 1.165) is 5.56 Å². The topological polar surface area (TPSA) is 63.7 Å². The predicted molar refractivity (Wildman–Crippen MR) is 91.5 cm³/mol.